The maximum Gasteiger partial charge on any atom is 0.335 e. The molecule has 0 heterocycles. The van der Waals surface area contributed by atoms with E-state index < -0.39 is 5.97 Å². The van der Waals surface area contributed by atoms with Crippen LogP contribution in [0.2, 0.25) is 0 Å². The van der Waals surface area contributed by atoms with Crippen LogP contribution in [0.3, 0.4) is 0 Å². The monoisotopic (exact) mass is 352 g/mol. The van der Waals surface area contributed by atoms with E-state index in [2.05, 4.69) is 0 Å². The second-order valence-electron chi connectivity index (χ2n) is 2.36. The number of carboxylic acid groups (broad SMARTS) is 1. The molecular formula is C9H10HgO2. The average molecular weight is 351 g/mol. The van der Waals surface area contributed by atoms with E-state index in [1.165, 1.54) is 0 Å². The Morgan fingerprint density at radius 1 is 1.50 bits per heavy atom. The summed E-state index contributed by atoms with van der Waals surface area (Å²) >= 11 is 0. The summed E-state index contributed by atoms with van der Waals surface area (Å²) in [5, 5.41) is 8.60. The third-order valence-corrected chi connectivity index (χ3v) is 1.58. The van der Waals surface area contributed by atoms with Crippen LogP contribution in [0, 0.1) is 0 Å². The van der Waals surface area contributed by atoms with Gasteiger partial charge in [0.05, 0.1) is 5.56 Å². The third-order valence-electron chi connectivity index (χ3n) is 1.58. The topological polar surface area (TPSA) is 37.3 Å². The third kappa shape index (κ3) is 2.93. The standard InChI is InChI=1S/C9H10O2.Hg/c1-2-7-4-3-5-8(6-7)9(10)11;/h3-6H,2H2,1H3,(H,10,11);. The summed E-state index contributed by atoms with van der Waals surface area (Å²) in [5.74, 6) is -0.861. The van der Waals surface area contributed by atoms with Crippen molar-refractivity contribution in [1.29, 1.82) is 0 Å². The van der Waals surface area contributed by atoms with E-state index in [0.717, 1.165) is 12.0 Å². The van der Waals surface area contributed by atoms with Gasteiger partial charge in [-0.05, 0) is 24.1 Å². The molecule has 12 heavy (non-hydrogen) atoms. The van der Waals surface area contributed by atoms with Gasteiger partial charge in [-0.25, -0.2) is 4.79 Å². The van der Waals surface area contributed by atoms with E-state index in [0.29, 0.717) is 5.56 Å². The van der Waals surface area contributed by atoms with E-state index in [1.54, 1.807) is 18.2 Å². The summed E-state index contributed by atoms with van der Waals surface area (Å²) in [6.07, 6.45) is 0.876. The summed E-state index contributed by atoms with van der Waals surface area (Å²) in [7, 11) is 0. The van der Waals surface area contributed by atoms with E-state index in [-0.39, 0.29) is 27.7 Å². The van der Waals surface area contributed by atoms with Crippen LogP contribution in [0.5, 0.6) is 0 Å². The van der Waals surface area contributed by atoms with Gasteiger partial charge in [0.15, 0.2) is 0 Å². The van der Waals surface area contributed by atoms with Crippen LogP contribution in [-0.2, 0) is 34.1 Å². The molecule has 0 aromatic heterocycles. The molecule has 0 amide bonds. The fraction of sp³-hybridized carbons (Fsp3) is 0.222. The Morgan fingerprint density at radius 2 is 2.17 bits per heavy atom. The van der Waals surface area contributed by atoms with Gasteiger partial charge in [-0.3, -0.25) is 0 Å². The number of carbonyl (C=O) groups is 1. The van der Waals surface area contributed by atoms with Crippen molar-refractivity contribution >= 4 is 5.97 Å². The van der Waals surface area contributed by atoms with Crippen molar-refractivity contribution in [2.24, 2.45) is 0 Å². The van der Waals surface area contributed by atoms with Crippen LogP contribution in [0.25, 0.3) is 0 Å². The quantitative estimate of drug-likeness (QED) is 0.828. The Hall–Kier alpha value is -0.375. The van der Waals surface area contributed by atoms with Gasteiger partial charge < -0.3 is 5.11 Å². The van der Waals surface area contributed by atoms with Crippen LogP contribution < -0.4 is 0 Å². The summed E-state index contributed by atoms with van der Waals surface area (Å²) in [4.78, 5) is 10.5. The molecule has 0 unspecified atom stereocenters. The predicted octanol–water partition coefficient (Wildman–Crippen LogP) is 1.94. The number of hydrogen-bond acceptors (Lipinski definition) is 1. The Bertz CT molecular complexity index is 271. The molecule has 3 heteroatoms. The Labute approximate surface area is 92.1 Å². The molecule has 0 bridgehead atoms. The van der Waals surface area contributed by atoms with Gasteiger partial charge in [0.25, 0.3) is 0 Å². The Balaban J connectivity index is 0.00000121. The largest absolute Gasteiger partial charge is 0.478 e. The Kier molecular flexibility index (Phi) is 5.14. The second-order valence-corrected chi connectivity index (χ2v) is 2.36. The van der Waals surface area contributed by atoms with E-state index >= 15 is 0 Å². The SMILES string of the molecule is CCc1cccc(C(=O)O)c1.[Hg]. The van der Waals surface area contributed by atoms with Gasteiger partial charge in [0, 0.05) is 27.7 Å². The first-order chi connectivity index (χ1) is 5.24. The molecule has 1 aromatic rings. The predicted molar refractivity (Wildman–Crippen MR) is 42.8 cm³/mol. The maximum absolute atomic E-state index is 10.5. The first-order valence-electron chi connectivity index (χ1n) is 3.56. The van der Waals surface area contributed by atoms with Crippen LogP contribution in [-0.4, -0.2) is 11.1 Å². The summed E-state index contributed by atoms with van der Waals surface area (Å²) in [5.41, 5.74) is 1.43. The summed E-state index contributed by atoms with van der Waals surface area (Å²) in [6, 6.07) is 6.98. The van der Waals surface area contributed by atoms with Crippen LogP contribution in [0.15, 0.2) is 24.3 Å². The molecule has 0 aliphatic rings. The molecule has 0 aliphatic heterocycles. The van der Waals surface area contributed by atoms with Gasteiger partial charge in [-0.15, -0.1) is 0 Å². The van der Waals surface area contributed by atoms with Crippen molar-refractivity contribution < 1.29 is 37.6 Å². The zero-order valence-corrected chi connectivity index (χ0v) is 12.6. The number of hydrogen-bond donors (Lipinski definition) is 1. The van der Waals surface area contributed by atoms with Crippen LogP contribution >= 0.6 is 0 Å². The number of rotatable bonds is 2. The van der Waals surface area contributed by atoms with Gasteiger partial charge in [-0.2, -0.15) is 0 Å². The molecule has 2 nitrogen and oxygen atoms in total. The zero-order valence-electron chi connectivity index (χ0n) is 7.08. The van der Waals surface area contributed by atoms with Crippen LogP contribution in [0.4, 0.5) is 0 Å². The van der Waals surface area contributed by atoms with Crippen molar-refractivity contribution in [3.63, 3.8) is 0 Å². The van der Waals surface area contributed by atoms with Crippen LogP contribution in [0.1, 0.15) is 22.8 Å². The summed E-state index contributed by atoms with van der Waals surface area (Å²) < 4.78 is 0. The first kappa shape index (κ1) is 11.6. The number of carboxylic acids is 1. The smallest absolute Gasteiger partial charge is 0.335 e. The molecule has 1 N–H and O–H groups in total. The van der Waals surface area contributed by atoms with Crippen molar-refractivity contribution in [2.45, 2.75) is 13.3 Å². The number of aryl methyl sites for hydroxylation is 1. The minimum atomic E-state index is -0.861. The van der Waals surface area contributed by atoms with Crippen molar-refractivity contribution in [3.05, 3.63) is 35.4 Å². The molecule has 0 radical (unpaired) electrons. The molecule has 60 valence electrons. The zero-order chi connectivity index (χ0) is 8.27. The molecule has 0 saturated carbocycles. The normalized spacial score (nSPS) is 8.75. The summed E-state index contributed by atoms with van der Waals surface area (Å²) in [6.45, 7) is 2.00. The fourth-order valence-corrected chi connectivity index (χ4v) is 0.924. The maximum atomic E-state index is 10.5. The van der Waals surface area contributed by atoms with Gasteiger partial charge in [-0.1, -0.05) is 19.1 Å². The minimum absolute atomic E-state index is 0. The molecule has 1 rings (SSSR count). The van der Waals surface area contributed by atoms with Crippen molar-refractivity contribution in [1.82, 2.24) is 0 Å². The second kappa shape index (κ2) is 5.30. The number of aromatic carboxylic acids is 1. The molecule has 0 atom stereocenters. The van der Waals surface area contributed by atoms with E-state index in [9.17, 15) is 4.79 Å². The van der Waals surface area contributed by atoms with Crippen molar-refractivity contribution in [2.75, 3.05) is 0 Å². The Morgan fingerprint density at radius 3 is 2.67 bits per heavy atom. The first-order valence-corrected chi connectivity index (χ1v) is 3.56. The fourth-order valence-electron chi connectivity index (χ4n) is 0.924. The molecule has 0 spiro atoms. The van der Waals surface area contributed by atoms with E-state index in [4.69, 9.17) is 5.11 Å². The average Bonchev–Trinajstić information content (AvgIpc) is 2.05. The van der Waals surface area contributed by atoms with Gasteiger partial charge in [0.1, 0.15) is 0 Å². The molecule has 0 aliphatic carbocycles. The molecule has 0 fully saturated rings. The number of benzene rings is 1. The molecule has 1 aromatic carbocycles. The molecule has 0 saturated heterocycles. The van der Waals surface area contributed by atoms with E-state index in [1.807, 2.05) is 13.0 Å². The van der Waals surface area contributed by atoms with Crippen molar-refractivity contribution in [3.8, 4) is 0 Å². The van der Waals surface area contributed by atoms with Gasteiger partial charge >= 0.3 is 5.97 Å². The minimum Gasteiger partial charge on any atom is -0.478 e. The van der Waals surface area contributed by atoms with Gasteiger partial charge in [0.2, 0.25) is 0 Å². The molecular weight excluding hydrogens is 341 g/mol.